The van der Waals surface area contributed by atoms with Gasteiger partial charge < -0.3 is 15.8 Å². The highest BCUT2D eigenvalue weighted by atomic mass is 16.5. The summed E-state index contributed by atoms with van der Waals surface area (Å²) in [4.78, 5) is 0. The largest absolute Gasteiger partial charge is 0.496 e. The molecule has 0 amide bonds. The highest BCUT2D eigenvalue weighted by Crippen LogP contribution is 2.27. The van der Waals surface area contributed by atoms with Gasteiger partial charge in [0, 0.05) is 5.69 Å². The average molecular weight is 253 g/mol. The molecule has 19 heavy (non-hydrogen) atoms. The van der Waals surface area contributed by atoms with Gasteiger partial charge in [0.25, 0.3) is 0 Å². The molecule has 0 fully saturated rings. The van der Waals surface area contributed by atoms with Crippen LogP contribution >= 0.6 is 0 Å². The number of aryl methyl sites for hydroxylation is 1. The standard InChI is InChI=1S/C15H15N3O/c1-10-7-12(4-6-15(10)19-2)18-14-8-11(9-16)3-5-13(14)17/h3-8,18H,17H2,1-2H3. The Morgan fingerprint density at radius 1 is 1.21 bits per heavy atom. The molecule has 3 N–H and O–H groups in total. The number of ether oxygens (including phenoxy) is 1. The first-order valence-corrected chi connectivity index (χ1v) is 5.85. The Bertz CT molecular complexity index is 644. The van der Waals surface area contributed by atoms with E-state index in [2.05, 4.69) is 11.4 Å². The number of methoxy groups -OCH3 is 1. The van der Waals surface area contributed by atoms with E-state index >= 15 is 0 Å². The zero-order chi connectivity index (χ0) is 13.8. The van der Waals surface area contributed by atoms with Gasteiger partial charge in [-0.1, -0.05) is 0 Å². The molecular weight excluding hydrogens is 238 g/mol. The summed E-state index contributed by atoms with van der Waals surface area (Å²) in [5.41, 5.74) is 9.72. The Kier molecular flexibility index (Phi) is 3.58. The molecule has 0 aliphatic carbocycles. The van der Waals surface area contributed by atoms with Gasteiger partial charge in [-0.3, -0.25) is 0 Å². The van der Waals surface area contributed by atoms with E-state index in [1.165, 1.54) is 0 Å². The van der Waals surface area contributed by atoms with Crippen LogP contribution in [-0.2, 0) is 0 Å². The van der Waals surface area contributed by atoms with Crippen LogP contribution in [0.25, 0.3) is 0 Å². The summed E-state index contributed by atoms with van der Waals surface area (Å²) in [6.07, 6.45) is 0. The van der Waals surface area contributed by atoms with Crippen molar-refractivity contribution in [3.63, 3.8) is 0 Å². The molecule has 0 radical (unpaired) electrons. The van der Waals surface area contributed by atoms with Gasteiger partial charge in [-0.15, -0.1) is 0 Å². The first-order valence-electron chi connectivity index (χ1n) is 5.85. The molecule has 2 rings (SSSR count). The van der Waals surface area contributed by atoms with Gasteiger partial charge in [-0.25, -0.2) is 0 Å². The Balaban J connectivity index is 2.31. The molecule has 2 aromatic rings. The lowest BCUT2D eigenvalue weighted by molar-refractivity contribution is 0.412. The Morgan fingerprint density at radius 2 is 2.00 bits per heavy atom. The Hall–Kier alpha value is -2.67. The molecular formula is C15H15N3O. The number of hydrogen-bond acceptors (Lipinski definition) is 4. The molecule has 0 spiro atoms. The van der Waals surface area contributed by atoms with Crippen molar-refractivity contribution in [2.45, 2.75) is 6.92 Å². The highest BCUT2D eigenvalue weighted by Gasteiger charge is 2.04. The molecule has 0 bridgehead atoms. The van der Waals surface area contributed by atoms with Crippen LogP contribution < -0.4 is 15.8 Å². The summed E-state index contributed by atoms with van der Waals surface area (Å²) in [7, 11) is 1.64. The van der Waals surface area contributed by atoms with E-state index in [0.29, 0.717) is 11.3 Å². The van der Waals surface area contributed by atoms with E-state index in [1.807, 2.05) is 25.1 Å². The van der Waals surface area contributed by atoms with Gasteiger partial charge in [0.05, 0.1) is 30.1 Å². The number of anilines is 3. The maximum atomic E-state index is 8.90. The van der Waals surface area contributed by atoms with E-state index in [-0.39, 0.29) is 0 Å². The van der Waals surface area contributed by atoms with Gasteiger partial charge in [0.1, 0.15) is 5.75 Å². The Labute approximate surface area is 112 Å². The van der Waals surface area contributed by atoms with Gasteiger partial charge in [0.2, 0.25) is 0 Å². The van der Waals surface area contributed by atoms with Gasteiger partial charge in [0.15, 0.2) is 0 Å². The van der Waals surface area contributed by atoms with E-state index in [0.717, 1.165) is 22.7 Å². The van der Waals surface area contributed by atoms with Crippen LogP contribution in [0.5, 0.6) is 5.75 Å². The predicted molar refractivity (Wildman–Crippen MR) is 76.6 cm³/mol. The van der Waals surface area contributed by atoms with Crippen molar-refractivity contribution in [3.8, 4) is 11.8 Å². The third-order valence-corrected chi connectivity index (χ3v) is 2.86. The predicted octanol–water partition coefficient (Wildman–Crippen LogP) is 3.20. The quantitative estimate of drug-likeness (QED) is 0.824. The fourth-order valence-electron chi connectivity index (χ4n) is 1.85. The second-order valence-corrected chi connectivity index (χ2v) is 4.22. The fraction of sp³-hybridized carbons (Fsp3) is 0.133. The second-order valence-electron chi connectivity index (χ2n) is 4.22. The van der Waals surface area contributed by atoms with E-state index in [9.17, 15) is 0 Å². The van der Waals surface area contributed by atoms with Crippen molar-refractivity contribution in [2.24, 2.45) is 0 Å². The van der Waals surface area contributed by atoms with E-state index < -0.39 is 0 Å². The molecule has 4 heteroatoms. The normalized spacial score (nSPS) is 9.74. The highest BCUT2D eigenvalue weighted by molar-refractivity contribution is 5.74. The van der Waals surface area contributed by atoms with Crippen LogP contribution in [0, 0.1) is 18.3 Å². The van der Waals surface area contributed by atoms with Crippen LogP contribution in [0.15, 0.2) is 36.4 Å². The topological polar surface area (TPSA) is 71.1 Å². The van der Waals surface area contributed by atoms with Crippen molar-refractivity contribution in [1.29, 1.82) is 5.26 Å². The minimum atomic E-state index is 0.571. The van der Waals surface area contributed by atoms with Gasteiger partial charge in [-0.05, 0) is 48.9 Å². The molecule has 0 atom stereocenters. The van der Waals surface area contributed by atoms with Crippen LogP contribution in [0.4, 0.5) is 17.1 Å². The minimum absolute atomic E-state index is 0.571. The van der Waals surface area contributed by atoms with Crippen molar-refractivity contribution in [3.05, 3.63) is 47.5 Å². The average Bonchev–Trinajstić information content (AvgIpc) is 2.41. The second kappa shape index (κ2) is 5.32. The number of nitrogen functional groups attached to an aromatic ring is 1. The molecule has 2 aromatic carbocycles. The minimum Gasteiger partial charge on any atom is -0.496 e. The number of rotatable bonds is 3. The number of nitrogens with two attached hydrogens (primary N) is 1. The lowest BCUT2D eigenvalue weighted by Crippen LogP contribution is -1.97. The van der Waals surface area contributed by atoms with Crippen LogP contribution in [0.1, 0.15) is 11.1 Å². The van der Waals surface area contributed by atoms with Gasteiger partial charge in [-0.2, -0.15) is 5.26 Å². The summed E-state index contributed by atoms with van der Waals surface area (Å²) < 4.78 is 5.21. The molecule has 0 aliphatic heterocycles. The maximum absolute atomic E-state index is 8.90. The summed E-state index contributed by atoms with van der Waals surface area (Å²) >= 11 is 0. The third-order valence-electron chi connectivity index (χ3n) is 2.86. The fourth-order valence-corrected chi connectivity index (χ4v) is 1.85. The summed E-state index contributed by atoms with van der Waals surface area (Å²) in [5.74, 6) is 0.837. The lowest BCUT2D eigenvalue weighted by Gasteiger charge is -2.12. The van der Waals surface area contributed by atoms with Crippen molar-refractivity contribution in [1.82, 2.24) is 0 Å². The first kappa shape index (κ1) is 12.8. The summed E-state index contributed by atoms with van der Waals surface area (Å²) in [5, 5.41) is 12.1. The molecule has 0 heterocycles. The lowest BCUT2D eigenvalue weighted by atomic mass is 10.1. The van der Waals surface area contributed by atoms with Crippen LogP contribution in [0.2, 0.25) is 0 Å². The maximum Gasteiger partial charge on any atom is 0.121 e. The van der Waals surface area contributed by atoms with Crippen LogP contribution in [0.3, 0.4) is 0 Å². The SMILES string of the molecule is COc1ccc(Nc2cc(C#N)ccc2N)cc1C. The number of nitrogens with zero attached hydrogens (tertiary/aromatic N) is 1. The number of nitrogens with one attached hydrogen (secondary N) is 1. The van der Waals surface area contributed by atoms with Crippen molar-refractivity contribution in [2.75, 3.05) is 18.2 Å². The monoisotopic (exact) mass is 253 g/mol. The number of nitriles is 1. The van der Waals surface area contributed by atoms with Crippen molar-refractivity contribution >= 4 is 17.1 Å². The van der Waals surface area contributed by atoms with Crippen LogP contribution in [-0.4, -0.2) is 7.11 Å². The molecule has 0 aromatic heterocycles. The smallest absolute Gasteiger partial charge is 0.121 e. The van der Waals surface area contributed by atoms with E-state index in [4.69, 9.17) is 15.7 Å². The zero-order valence-electron chi connectivity index (χ0n) is 10.9. The molecule has 4 nitrogen and oxygen atoms in total. The van der Waals surface area contributed by atoms with E-state index in [1.54, 1.807) is 25.3 Å². The molecule has 0 unspecified atom stereocenters. The van der Waals surface area contributed by atoms with Crippen molar-refractivity contribution < 1.29 is 4.74 Å². The molecule has 0 saturated carbocycles. The van der Waals surface area contributed by atoms with Gasteiger partial charge >= 0.3 is 0 Å². The number of benzene rings is 2. The number of hydrogen-bond donors (Lipinski definition) is 2. The molecule has 0 saturated heterocycles. The molecule has 96 valence electrons. The zero-order valence-corrected chi connectivity index (χ0v) is 10.9. The summed E-state index contributed by atoms with van der Waals surface area (Å²) in [6.45, 7) is 1.97. The Morgan fingerprint density at radius 3 is 2.63 bits per heavy atom. The molecule has 0 aliphatic rings. The first-order chi connectivity index (χ1) is 9.13. The summed E-state index contributed by atoms with van der Waals surface area (Å²) in [6, 6.07) is 13.0. The third kappa shape index (κ3) is 2.78.